The monoisotopic (exact) mass is 287 g/mol. The molecule has 1 saturated carbocycles. The molecule has 4 nitrogen and oxygen atoms in total. The Morgan fingerprint density at radius 2 is 2.05 bits per heavy atom. The van der Waals surface area contributed by atoms with Crippen LogP contribution in [0.1, 0.15) is 31.7 Å². The lowest BCUT2D eigenvalue weighted by Crippen LogP contribution is -2.43. The van der Waals surface area contributed by atoms with E-state index in [9.17, 15) is 9.59 Å². The summed E-state index contributed by atoms with van der Waals surface area (Å²) >= 11 is 0. The van der Waals surface area contributed by atoms with Gasteiger partial charge in [-0.05, 0) is 24.3 Å². The number of benzene rings is 1. The molecule has 1 unspecified atom stereocenters. The zero-order valence-corrected chi connectivity index (χ0v) is 12.3. The molecule has 1 saturated heterocycles. The third-order valence-electron chi connectivity index (χ3n) is 4.32. The largest absolute Gasteiger partial charge is 0.447 e. The van der Waals surface area contributed by atoms with E-state index in [1.54, 1.807) is 0 Å². The maximum Gasteiger partial charge on any atom is 0.416 e. The number of hydrogen-bond acceptors (Lipinski definition) is 3. The number of rotatable bonds is 5. The maximum atomic E-state index is 12.5. The van der Waals surface area contributed by atoms with Gasteiger partial charge in [0.15, 0.2) is 0 Å². The highest BCUT2D eigenvalue weighted by molar-refractivity contribution is 5.94. The van der Waals surface area contributed by atoms with Crippen molar-refractivity contribution in [3.63, 3.8) is 0 Å². The molecular weight excluding hydrogens is 266 g/mol. The van der Waals surface area contributed by atoms with Gasteiger partial charge in [-0.1, -0.05) is 50.1 Å². The lowest BCUT2D eigenvalue weighted by molar-refractivity contribution is -0.133. The summed E-state index contributed by atoms with van der Waals surface area (Å²) in [4.78, 5) is 25.8. The third-order valence-corrected chi connectivity index (χ3v) is 4.32. The van der Waals surface area contributed by atoms with E-state index < -0.39 is 6.09 Å². The Hall–Kier alpha value is -1.84. The number of cyclic esters (lactones) is 1. The topological polar surface area (TPSA) is 46.6 Å². The third kappa shape index (κ3) is 3.26. The van der Waals surface area contributed by atoms with E-state index in [0.29, 0.717) is 18.9 Å². The zero-order chi connectivity index (χ0) is 14.8. The summed E-state index contributed by atoms with van der Waals surface area (Å²) in [6.45, 7) is 2.22. The molecule has 1 aromatic carbocycles. The van der Waals surface area contributed by atoms with Crippen molar-refractivity contribution in [3.8, 4) is 0 Å². The van der Waals surface area contributed by atoms with Crippen LogP contribution in [0.2, 0.25) is 0 Å². The Balaban J connectivity index is 1.68. The van der Waals surface area contributed by atoms with E-state index in [2.05, 4.69) is 0 Å². The molecule has 0 radical (unpaired) electrons. The number of ether oxygens (including phenoxy) is 1. The summed E-state index contributed by atoms with van der Waals surface area (Å²) in [5.41, 5.74) is 1.12. The predicted octanol–water partition coefficient (Wildman–Crippen LogP) is 3.01. The van der Waals surface area contributed by atoms with Crippen molar-refractivity contribution in [2.75, 3.05) is 6.61 Å². The molecule has 2 atom stereocenters. The fraction of sp³-hybridized carbons (Fsp3) is 0.529. The summed E-state index contributed by atoms with van der Waals surface area (Å²) in [6, 6.07) is 9.75. The number of carbonyl (C=O) groups excluding carboxylic acids is 2. The molecule has 4 heteroatoms. The van der Waals surface area contributed by atoms with E-state index in [4.69, 9.17) is 4.74 Å². The van der Waals surface area contributed by atoms with Crippen LogP contribution >= 0.6 is 0 Å². The van der Waals surface area contributed by atoms with Crippen molar-refractivity contribution < 1.29 is 14.3 Å². The van der Waals surface area contributed by atoms with Crippen molar-refractivity contribution in [2.45, 2.75) is 38.6 Å². The Kier molecular flexibility index (Phi) is 3.95. The minimum atomic E-state index is -0.483. The van der Waals surface area contributed by atoms with Gasteiger partial charge in [0.05, 0.1) is 6.04 Å². The molecule has 1 aliphatic carbocycles. The van der Waals surface area contributed by atoms with Crippen LogP contribution in [0.25, 0.3) is 0 Å². The molecule has 1 heterocycles. The highest BCUT2D eigenvalue weighted by atomic mass is 16.6. The minimum Gasteiger partial charge on any atom is -0.447 e. The van der Waals surface area contributed by atoms with Gasteiger partial charge in [-0.25, -0.2) is 9.69 Å². The van der Waals surface area contributed by atoms with E-state index in [-0.39, 0.29) is 17.9 Å². The van der Waals surface area contributed by atoms with Gasteiger partial charge in [-0.2, -0.15) is 0 Å². The first-order valence-electron chi connectivity index (χ1n) is 7.69. The first-order chi connectivity index (χ1) is 10.1. The molecule has 0 aromatic heterocycles. The molecule has 112 valence electrons. The van der Waals surface area contributed by atoms with Crippen LogP contribution in [-0.2, 0) is 16.0 Å². The van der Waals surface area contributed by atoms with Gasteiger partial charge in [0.1, 0.15) is 6.61 Å². The normalized spacial score (nSPS) is 23.0. The lowest BCUT2D eigenvalue weighted by Gasteiger charge is -2.23. The number of amides is 2. The number of carbonyl (C=O) groups is 2. The maximum absolute atomic E-state index is 12.5. The second-order valence-corrected chi connectivity index (χ2v) is 6.21. The van der Waals surface area contributed by atoms with E-state index >= 15 is 0 Å². The summed E-state index contributed by atoms with van der Waals surface area (Å²) in [5.74, 6) is 0.502. The molecule has 21 heavy (non-hydrogen) atoms. The number of hydrogen-bond donors (Lipinski definition) is 0. The predicted molar refractivity (Wildman–Crippen MR) is 78.6 cm³/mol. The highest BCUT2D eigenvalue weighted by Gasteiger charge is 2.40. The van der Waals surface area contributed by atoms with Crippen LogP contribution in [0.15, 0.2) is 30.3 Å². The molecule has 0 N–H and O–H groups in total. The molecule has 2 aliphatic rings. The van der Waals surface area contributed by atoms with Crippen LogP contribution in [0, 0.1) is 11.8 Å². The molecule has 2 fully saturated rings. The molecule has 0 bridgehead atoms. The molecule has 0 spiro atoms. The first-order valence-corrected chi connectivity index (χ1v) is 7.69. The van der Waals surface area contributed by atoms with Gasteiger partial charge in [0.25, 0.3) is 0 Å². The highest BCUT2D eigenvalue weighted by Crippen LogP contribution is 2.36. The molecule has 1 aromatic rings. The number of imide groups is 1. The second-order valence-electron chi connectivity index (χ2n) is 6.21. The molecule has 3 rings (SSSR count). The van der Waals surface area contributed by atoms with Crippen molar-refractivity contribution >= 4 is 12.0 Å². The molecule has 1 aliphatic heterocycles. The second kappa shape index (κ2) is 5.88. The van der Waals surface area contributed by atoms with Crippen molar-refractivity contribution in [2.24, 2.45) is 11.8 Å². The van der Waals surface area contributed by atoms with Gasteiger partial charge in [0.2, 0.25) is 5.91 Å². The van der Waals surface area contributed by atoms with Gasteiger partial charge in [0, 0.05) is 5.92 Å². The minimum absolute atomic E-state index is 0.0784. The average Bonchev–Trinajstić information content (AvgIpc) is 3.22. The van der Waals surface area contributed by atoms with E-state index in [1.807, 2.05) is 37.3 Å². The van der Waals surface area contributed by atoms with Crippen LogP contribution < -0.4 is 0 Å². The van der Waals surface area contributed by atoms with Crippen molar-refractivity contribution in [3.05, 3.63) is 35.9 Å². The standard InChI is InChI=1S/C17H21NO3/c1-12(9-14-7-8-14)16(19)18-15(11-21-17(18)20)10-13-5-3-2-4-6-13/h2-6,12,14-15H,7-11H2,1H3/t12?,15-/m1/s1. The van der Waals surface area contributed by atoms with Crippen molar-refractivity contribution in [1.29, 1.82) is 0 Å². The summed E-state index contributed by atoms with van der Waals surface area (Å²) in [5, 5.41) is 0. The molecular formula is C17H21NO3. The van der Waals surface area contributed by atoms with Gasteiger partial charge in [-0.15, -0.1) is 0 Å². The Bertz CT molecular complexity index is 524. The van der Waals surface area contributed by atoms with E-state index in [0.717, 1.165) is 12.0 Å². The SMILES string of the molecule is CC(CC1CC1)C(=O)N1C(=O)OC[C@H]1Cc1ccccc1. The average molecular weight is 287 g/mol. The fourth-order valence-corrected chi connectivity index (χ4v) is 2.96. The van der Waals surface area contributed by atoms with Gasteiger partial charge in [-0.3, -0.25) is 4.79 Å². The quantitative estimate of drug-likeness (QED) is 0.836. The van der Waals surface area contributed by atoms with E-state index in [1.165, 1.54) is 17.7 Å². The van der Waals surface area contributed by atoms with Crippen LogP contribution in [0.3, 0.4) is 0 Å². The van der Waals surface area contributed by atoms with Crippen LogP contribution in [0.4, 0.5) is 4.79 Å². The Labute approximate surface area is 125 Å². The summed E-state index contributed by atoms with van der Waals surface area (Å²) in [6.07, 6.45) is 3.50. The van der Waals surface area contributed by atoms with Crippen molar-refractivity contribution in [1.82, 2.24) is 4.90 Å². The van der Waals surface area contributed by atoms with Gasteiger partial charge < -0.3 is 4.74 Å². The Morgan fingerprint density at radius 1 is 1.33 bits per heavy atom. The van der Waals surface area contributed by atoms with Crippen LogP contribution in [0.5, 0.6) is 0 Å². The summed E-state index contributed by atoms with van der Waals surface area (Å²) in [7, 11) is 0. The lowest BCUT2D eigenvalue weighted by atomic mass is 10.0. The smallest absolute Gasteiger partial charge is 0.416 e. The zero-order valence-electron chi connectivity index (χ0n) is 12.3. The molecule has 2 amide bonds. The van der Waals surface area contributed by atoms with Gasteiger partial charge >= 0.3 is 6.09 Å². The fourth-order valence-electron chi connectivity index (χ4n) is 2.96. The first kappa shape index (κ1) is 14.1. The summed E-state index contributed by atoms with van der Waals surface area (Å²) < 4.78 is 5.11. The van der Waals surface area contributed by atoms with Crippen LogP contribution in [-0.4, -0.2) is 29.5 Å². The Morgan fingerprint density at radius 3 is 2.71 bits per heavy atom. The number of nitrogens with zero attached hydrogens (tertiary/aromatic N) is 1.